The summed E-state index contributed by atoms with van der Waals surface area (Å²) in [6.45, 7) is 1.78. The third kappa shape index (κ3) is 5.97. The first kappa shape index (κ1) is 24.2. The van der Waals surface area contributed by atoms with E-state index in [1.807, 2.05) is 0 Å². The zero-order valence-corrected chi connectivity index (χ0v) is 19.7. The molecule has 1 heterocycles. The molecule has 4 rings (SSSR count). The molecule has 0 aromatic heterocycles. The van der Waals surface area contributed by atoms with E-state index < -0.39 is 15.9 Å². The number of carbonyl (C=O) groups excluding carboxylic acids is 2. The molecule has 1 saturated heterocycles. The number of sulfonamides is 1. The molecule has 2 amide bonds. The second-order valence-corrected chi connectivity index (χ2v) is 9.43. The van der Waals surface area contributed by atoms with Gasteiger partial charge in [-0.05, 0) is 48.5 Å². The first-order valence-electron chi connectivity index (χ1n) is 11.0. The smallest absolute Gasteiger partial charge is 0.295 e. The van der Waals surface area contributed by atoms with Crippen LogP contribution in [-0.4, -0.2) is 58.0 Å². The van der Waals surface area contributed by atoms with Gasteiger partial charge in [0.05, 0.1) is 30.3 Å². The van der Waals surface area contributed by atoms with Crippen molar-refractivity contribution in [2.45, 2.75) is 4.90 Å². The Morgan fingerprint density at radius 2 is 1.49 bits per heavy atom. The number of hydrogen-bond donors (Lipinski definition) is 1. The van der Waals surface area contributed by atoms with E-state index in [9.17, 15) is 18.0 Å². The number of para-hydroxylation sites is 2. The fourth-order valence-electron chi connectivity index (χ4n) is 3.42. The Morgan fingerprint density at radius 3 is 2.11 bits per heavy atom. The van der Waals surface area contributed by atoms with Crippen LogP contribution in [0.15, 0.2) is 89.8 Å². The van der Waals surface area contributed by atoms with Crippen LogP contribution in [0.4, 0.5) is 5.69 Å². The van der Waals surface area contributed by atoms with Crippen molar-refractivity contribution in [1.82, 2.24) is 10.2 Å². The van der Waals surface area contributed by atoms with Crippen LogP contribution >= 0.6 is 0 Å². The van der Waals surface area contributed by atoms with E-state index in [0.717, 1.165) is 4.47 Å². The zero-order chi connectivity index (χ0) is 24.7. The van der Waals surface area contributed by atoms with Crippen LogP contribution in [0.3, 0.4) is 0 Å². The van der Waals surface area contributed by atoms with Crippen LogP contribution in [0.5, 0.6) is 5.75 Å². The molecule has 3 aromatic rings. The Bertz CT molecular complexity index is 1250. The van der Waals surface area contributed by atoms with Gasteiger partial charge in [0.1, 0.15) is 0 Å². The molecule has 0 aliphatic carbocycles. The summed E-state index contributed by atoms with van der Waals surface area (Å²) in [6, 6.07) is 22.5. The molecule has 1 N–H and O–H groups in total. The lowest BCUT2D eigenvalue weighted by Gasteiger charge is -2.26. The molecule has 0 atom stereocenters. The summed E-state index contributed by atoms with van der Waals surface area (Å²) in [4.78, 5) is 32.0. The molecule has 1 fully saturated rings. The third-order valence-corrected chi connectivity index (χ3v) is 6.89. The number of nitrogens with one attached hydrogen (secondary N) is 1. The van der Waals surface area contributed by atoms with E-state index >= 15 is 0 Å². The van der Waals surface area contributed by atoms with Crippen LogP contribution in [0.2, 0.25) is 0 Å². The van der Waals surface area contributed by atoms with Crippen LogP contribution in [0.25, 0.3) is 0 Å². The van der Waals surface area contributed by atoms with Gasteiger partial charge in [-0.2, -0.15) is 8.42 Å². The fraction of sp³-hybridized carbons (Fsp3) is 0.200. The van der Waals surface area contributed by atoms with Gasteiger partial charge < -0.3 is 19.8 Å². The monoisotopic (exact) mass is 495 g/mol. The van der Waals surface area contributed by atoms with E-state index in [1.54, 1.807) is 65.6 Å². The highest BCUT2D eigenvalue weighted by Gasteiger charge is 2.28. The maximum Gasteiger partial charge on any atom is 0.295 e. The number of ether oxygens (including phenoxy) is 1. The van der Waals surface area contributed by atoms with Crippen LogP contribution in [0, 0.1) is 0 Å². The number of benzene rings is 3. The molecule has 0 spiro atoms. The van der Waals surface area contributed by atoms with Gasteiger partial charge >= 0.3 is 0 Å². The number of hydrogen-bond acceptors (Lipinski definition) is 6. The van der Waals surface area contributed by atoms with Crippen molar-refractivity contribution in [2.75, 3.05) is 37.3 Å². The topological polar surface area (TPSA) is 105 Å². The Morgan fingerprint density at radius 1 is 0.886 bits per heavy atom. The first-order valence-corrected chi connectivity index (χ1v) is 12.5. The molecule has 182 valence electrons. The maximum atomic E-state index is 13.4. The minimum atomic E-state index is -4.13. The normalized spacial score (nSPS) is 13.7. The molecule has 3 aromatic carbocycles. The van der Waals surface area contributed by atoms with Gasteiger partial charge in [0.25, 0.3) is 15.9 Å². The maximum absolute atomic E-state index is 13.4. The average Bonchev–Trinajstić information content (AvgIpc) is 2.91. The molecule has 10 heteroatoms. The van der Waals surface area contributed by atoms with E-state index in [1.165, 1.54) is 24.3 Å². The summed E-state index contributed by atoms with van der Waals surface area (Å²) in [5, 5.41) is 2.58. The summed E-state index contributed by atoms with van der Waals surface area (Å²) in [5.41, 5.74) is 0.550. The molecular weight excluding hydrogens is 470 g/mol. The van der Waals surface area contributed by atoms with Crippen molar-refractivity contribution in [1.29, 1.82) is 0 Å². The molecule has 0 bridgehead atoms. The number of rotatable bonds is 8. The second kappa shape index (κ2) is 11.0. The highest BCUT2D eigenvalue weighted by atomic mass is 32.2. The molecule has 0 saturated carbocycles. The molecule has 0 unspecified atom stereocenters. The number of nitrogens with zero attached hydrogens (tertiary/aromatic N) is 2. The minimum absolute atomic E-state index is 0.0572. The van der Waals surface area contributed by atoms with Crippen molar-refractivity contribution in [3.8, 4) is 5.75 Å². The predicted octanol–water partition coefficient (Wildman–Crippen LogP) is 2.46. The summed E-state index contributed by atoms with van der Waals surface area (Å²) in [7, 11) is -4.13. The summed E-state index contributed by atoms with van der Waals surface area (Å²) in [5.74, 6) is -0.325. The SMILES string of the molecule is O=C(NCC(=O)N1CCOCC1)c1ccc(S(=O)(=O)N(Oc2ccccc2)c2ccccc2)cc1. The highest BCUT2D eigenvalue weighted by Crippen LogP contribution is 2.26. The highest BCUT2D eigenvalue weighted by molar-refractivity contribution is 7.92. The minimum Gasteiger partial charge on any atom is -0.378 e. The van der Waals surface area contributed by atoms with Crippen LogP contribution in [-0.2, 0) is 19.6 Å². The van der Waals surface area contributed by atoms with Gasteiger partial charge in [0.15, 0.2) is 5.75 Å². The average molecular weight is 496 g/mol. The van der Waals surface area contributed by atoms with E-state index in [4.69, 9.17) is 9.57 Å². The number of carbonyl (C=O) groups is 2. The van der Waals surface area contributed by atoms with Gasteiger partial charge in [-0.25, -0.2) is 0 Å². The molecule has 9 nitrogen and oxygen atoms in total. The summed E-state index contributed by atoms with van der Waals surface area (Å²) < 4.78 is 33.0. The molecule has 1 aliphatic heterocycles. The van der Waals surface area contributed by atoms with Crippen LogP contribution < -0.4 is 14.6 Å². The predicted molar refractivity (Wildman–Crippen MR) is 129 cm³/mol. The van der Waals surface area contributed by atoms with Gasteiger partial charge in [0.2, 0.25) is 5.91 Å². The lowest BCUT2D eigenvalue weighted by atomic mass is 10.2. The summed E-state index contributed by atoms with van der Waals surface area (Å²) >= 11 is 0. The van der Waals surface area contributed by atoms with Gasteiger partial charge in [-0.3, -0.25) is 9.59 Å². The molecule has 1 aliphatic rings. The van der Waals surface area contributed by atoms with Gasteiger partial charge in [-0.15, -0.1) is 0 Å². The Balaban J connectivity index is 1.48. The standard InChI is InChI=1S/C25H25N3O6S/c29-24(27-15-17-33-18-16-27)19-26-25(30)20-11-13-23(14-12-20)35(31,32)28(21-7-3-1-4-8-21)34-22-9-5-2-6-10-22/h1-14H,15-19H2,(H,26,30). The molecular formula is C25H25N3O6S. The second-order valence-electron chi connectivity index (χ2n) is 7.67. The van der Waals surface area contributed by atoms with Crippen molar-refractivity contribution < 1.29 is 27.6 Å². The lowest BCUT2D eigenvalue weighted by molar-refractivity contribution is -0.134. The Hall–Kier alpha value is -3.89. The van der Waals surface area contributed by atoms with Crippen molar-refractivity contribution >= 4 is 27.5 Å². The van der Waals surface area contributed by atoms with Crippen molar-refractivity contribution in [3.63, 3.8) is 0 Å². The van der Waals surface area contributed by atoms with Gasteiger partial charge in [0, 0.05) is 18.7 Å². The largest absolute Gasteiger partial charge is 0.378 e. The molecule has 0 radical (unpaired) electrons. The Kier molecular flexibility index (Phi) is 7.64. The van der Waals surface area contributed by atoms with Crippen molar-refractivity contribution in [3.05, 3.63) is 90.5 Å². The molecule has 35 heavy (non-hydrogen) atoms. The fourth-order valence-corrected chi connectivity index (χ4v) is 4.68. The van der Waals surface area contributed by atoms with Crippen LogP contribution in [0.1, 0.15) is 10.4 Å². The van der Waals surface area contributed by atoms with E-state index in [-0.39, 0.29) is 22.9 Å². The summed E-state index contributed by atoms with van der Waals surface area (Å²) in [6.07, 6.45) is 0. The first-order chi connectivity index (χ1) is 16.9. The quantitative estimate of drug-likeness (QED) is 0.482. The number of anilines is 1. The number of morpholine rings is 1. The van der Waals surface area contributed by atoms with E-state index in [0.29, 0.717) is 37.7 Å². The lowest BCUT2D eigenvalue weighted by Crippen LogP contribution is -2.45. The van der Waals surface area contributed by atoms with Crippen molar-refractivity contribution in [2.24, 2.45) is 0 Å². The van der Waals surface area contributed by atoms with E-state index in [2.05, 4.69) is 5.32 Å². The third-order valence-electron chi connectivity index (χ3n) is 5.30. The Labute approximate surface area is 203 Å². The van der Waals surface area contributed by atoms with Gasteiger partial charge in [-0.1, -0.05) is 40.9 Å². The zero-order valence-electron chi connectivity index (χ0n) is 18.9. The number of amides is 2.